The van der Waals surface area contributed by atoms with E-state index in [9.17, 15) is 0 Å². The molecule has 2 nitrogen and oxygen atoms in total. The normalized spacial score (nSPS) is 22.6. The van der Waals surface area contributed by atoms with E-state index in [-0.39, 0.29) is 0 Å². The van der Waals surface area contributed by atoms with E-state index in [1.54, 1.807) is 0 Å². The maximum absolute atomic E-state index is 6.30. The molecule has 2 aliphatic rings. The molecular formula is C31H32NOP. The largest absolute Gasteiger partial charge is 0.478 e. The standard InChI is InChI=1S/C31H32NOP/c1-21(2)27-20-33-31(32-27)26-16-9-19-30(26)34(28-17-7-12-22-10-3-5-14-24(22)28)29-18-8-13-23-11-4-6-15-25(23)29/h3-8,10-15,17-18,21,26-27,30H,9,16,19-20H2,1-2H3/t26?,27-,30?/m0/s1. The van der Waals surface area contributed by atoms with Crippen LogP contribution in [0.25, 0.3) is 21.5 Å². The molecule has 1 aliphatic heterocycles. The zero-order valence-corrected chi connectivity index (χ0v) is 20.9. The van der Waals surface area contributed by atoms with Gasteiger partial charge in [0.05, 0.1) is 6.04 Å². The molecule has 6 rings (SSSR count). The van der Waals surface area contributed by atoms with Crippen LogP contribution in [0.4, 0.5) is 0 Å². The predicted molar refractivity (Wildman–Crippen MR) is 147 cm³/mol. The van der Waals surface area contributed by atoms with Gasteiger partial charge in [0.2, 0.25) is 0 Å². The Morgan fingerprint density at radius 2 is 1.35 bits per heavy atom. The number of benzene rings is 4. The van der Waals surface area contributed by atoms with Gasteiger partial charge in [-0.25, -0.2) is 4.99 Å². The molecule has 2 unspecified atom stereocenters. The van der Waals surface area contributed by atoms with Crippen molar-refractivity contribution in [2.45, 2.75) is 44.8 Å². The summed E-state index contributed by atoms with van der Waals surface area (Å²) in [7, 11) is -0.597. The fourth-order valence-corrected chi connectivity index (χ4v) is 9.29. The van der Waals surface area contributed by atoms with E-state index in [0.717, 1.165) is 12.5 Å². The summed E-state index contributed by atoms with van der Waals surface area (Å²) in [6.07, 6.45) is 3.67. The SMILES string of the molecule is CC(C)[C@@H]1COC(C2CCCC2P(c2cccc3ccccc23)c2cccc3ccccc23)=N1. The van der Waals surface area contributed by atoms with Crippen LogP contribution in [0.2, 0.25) is 0 Å². The lowest BCUT2D eigenvalue weighted by Crippen LogP contribution is -2.30. The molecule has 0 N–H and O–H groups in total. The van der Waals surface area contributed by atoms with Crippen LogP contribution in [-0.2, 0) is 4.74 Å². The molecule has 4 aromatic carbocycles. The maximum atomic E-state index is 6.30. The van der Waals surface area contributed by atoms with Crippen LogP contribution in [0.5, 0.6) is 0 Å². The molecule has 1 heterocycles. The first-order valence-electron chi connectivity index (χ1n) is 12.7. The van der Waals surface area contributed by atoms with Crippen molar-refractivity contribution in [3.63, 3.8) is 0 Å². The van der Waals surface area contributed by atoms with Crippen LogP contribution in [-0.4, -0.2) is 24.2 Å². The van der Waals surface area contributed by atoms with Gasteiger partial charge in [0.15, 0.2) is 5.90 Å². The quantitative estimate of drug-likeness (QED) is 0.290. The second-order valence-corrected chi connectivity index (χ2v) is 12.4. The second kappa shape index (κ2) is 9.16. The molecule has 0 bridgehead atoms. The lowest BCUT2D eigenvalue weighted by atomic mass is 10.1. The van der Waals surface area contributed by atoms with Gasteiger partial charge in [-0.1, -0.05) is 105 Å². The Hall–Kier alpha value is -2.70. The smallest absolute Gasteiger partial charge is 0.187 e. The molecule has 0 radical (unpaired) electrons. The molecule has 0 saturated heterocycles. The van der Waals surface area contributed by atoms with E-state index in [2.05, 4.69) is 98.8 Å². The van der Waals surface area contributed by atoms with E-state index in [1.807, 2.05) is 0 Å². The molecular weight excluding hydrogens is 433 g/mol. The first-order valence-corrected chi connectivity index (χ1v) is 14.1. The minimum Gasteiger partial charge on any atom is -0.478 e. The number of rotatable bonds is 5. The maximum Gasteiger partial charge on any atom is 0.187 e. The highest BCUT2D eigenvalue weighted by Crippen LogP contribution is 2.53. The zero-order valence-electron chi connectivity index (χ0n) is 20.0. The number of ether oxygens (including phenoxy) is 1. The lowest BCUT2D eigenvalue weighted by Gasteiger charge is -2.31. The van der Waals surface area contributed by atoms with E-state index >= 15 is 0 Å². The van der Waals surface area contributed by atoms with Crippen LogP contribution in [0, 0.1) is 11.8 Å². The molecule has 172 valence electrons. The third kappa shape index (κ3) is 3.83. The number of hydrogen-bond acceptors (Lipinski definition) is 2. The van der Waals surface area contributed by atoms with Gasteiger partial charge in [0, 0.05) is 5.92 Å². The summed E-state index contributed by atoms with van der Waals surface area (Å²) in [5.41, 5.74) is 0.538. The Labute approximate surface area is 203 Å². The minimum absolute atomic E-state index is 0.303. The Morgan fingerprint density at radius 3 is 1.94 bits per heavy atom. The first-order chi connectivity index (χ1) is 16.7. The summed E-state index contributed by atoms with van der Waals surface area (Å²) < 4.78 is 6.30. The summed E-state index contributed by atoms with van der Waals surface area (Å²) in [4.78, 5) is 5.12. The van der Waals surface area contributed by atoms with E-state index in [0.29, 0.717) is 23.5 Å². The third-order valence-electron chi connectivity index (χ3n) is 7.65. The summed E-state index contributed by atoms with van der Waals surface area (Å²) in [6.45, 7) is 5.26. The molecule has 1 fully saturated rings. The number of hydrogen-bond donors (Lipinski definition) is 0. The Bertz CT molecular complexity index is 1270. The van der Waals surface area contributed by atoms with Gasteiger partial charge in [-0.3, -0.25) is 0 Å². The molecule has 0 spiro atoms. The van der Waals surface area contributed by atoms with Crippen molar-refractivity contribution >= 4 is 46.0 Å². The van der Waals surface area contributed by atoms with Gasteiger partial charge in [-0.15, -0.1) is 0 Å². The fourth-order valence-electron chi connectivity index (χ4n) is 5.81. The highest BCUT2D eigenvalue weighted by atomic mass is 31.1. The average molecular weight is 466 g/mol. The average Bonchev–Trinajstić information content (AvgIpc) is 3.55. The fraction of sp³-hybridized carbons (Fsp3) is 0.323. The molecule has 0 amide bonds. The van der Waals surface area contributed by atoms with E-state index in [4.69, 9.17) is 9.73 Å². The third-order valence-corrected chi connectivity index (χ3v) is 10.7. The first kappa shape index (κ1) is 21.8. The highest BCUT2D eigenvalue weighted by Gasteiger charge is 2.41. The number of fused-ring (bicyclic) bond motifs is 2. The Balaban J connectivity index is 1.54. The second-order valence-electron chi connectivity index (χ2n) is 10.1. The monoisotopic (exact) mass is 465 g/mol. The minimum atomic E-state index is -0.597. The van der Waals surface area contributed by atoms with Crippen molar-refractivity contribution in [1.82, 2.24) is 0 Å². The van der Waals surface area contributed by atoms with E-state index in [1.165, 1.54) is 51.4 Å². The summed E-state index contributed by atoms with van der Waals surface area (Å²) in [6, 6.07) is 31.9. The Morgan fingerprint density at radius 1 is 0.765 bits per heavy atom. The van der Waals surface area contributed by atoms with Crippen molar-refractivity contribution in [1.29, 1.82) is 0 Å². The van der Waals surface area contributed by atoms with Gasteiger partial charge in [0.25, 0.3) is 0 Å². The van der Waals surface area contributed by atoms with E-state index < -0.39 is 7.92 Å². The van der Waals surface area contributed by atoms with Gasteiger partial charge < -0.3 is 4.74 Å². The van der Waals surface area contributed by atoms with Crippen LogP contribution in [0.3, 0.4) is 0 Å². The molecule has 0 aromatic heterocycles. The summed E-state index contributed by atoms with van der Waals surface area (Å²) in [5.74, 6) is 1.97. The zero-order chi connectivity index (χ0) is 23.1. The van der Waals surface area contributed by atoms with Gasteiger partial charge in [0.1, 0.15) is 6.61 Å². The molecule has 3 atom stereocenters. The molecule has 1 aliphatic carbocycles. The van der Waals surface area contributed by atoms with Crippen molar-refractivity contribution in [2.75, 3.05) is 6.61 Å². The van der Waals surface area contributed by atoms with Crippen LogP contribution in [0.1, 0.15) is 33.1 Å². The molecule has 34 heavy (non-hydrogen) atoms. The van der Waals surface area contributed by atoms with Gasteiger partial charge in [-0.05, 0) is 64.5 Å². The molecule has 3 heteroatoms. The van der Waals surface area contributed by atoms with Crippen molar-refractivity contribution in [2.24, 2.45) is 16.8 Å². The van der Waals surface area contributed by atoms with Gasteiger partial charge in [-0.2, -0.15) is 0 Å². The van der Waals surface area contributed by atoms with Crippen molar-refractivity contribution < 1.29 is 4.74 Å². The van der Waals surface area contributed by atoms with Crippen molar-refractivity contribution in [3.05, 3.63) is 84.9 Å². The predicted octanol–water partition coefficient (Wildman–Crippen LogP) is 7.05. The van der Waals surface area contributed by atoms with Gasteiger partial charge >= 0.3 is 0 Å². The molecule has 1 saturated carbocycles. The van der Waals surface area contributed by atoms with Crippen LogP contribution in [0.15, 0.2) is 89.9 Å². The Kier molecular flexibility index (Phi) is 5.87. The number of aliphatic imine (C=N–C) groups is 1. The van der Waals surface area contributed by atoms with Crippen molar-refractivity contribution in [3.8, 4) is 0 Å². The number of nitrogens with zero attached hydrogens (tertiary/aromatic N) is 1. The lowest BCUT2D eigenvalue weighted by molar-refractivity contribution is 0.277. The topological polar surface area (TPSA) is 21.6 Å². The highest BCUT2D eigenvalue weighted by molar-refractivity contribution is 7.74. The summed E-state index contributed by atoms with van der Waals surface area (Å²) in [5, 5.41) is 8.45. The van der Waals surface area contributed by atoms with Crippen LogP contribution >= 0.6 is 7.92 Å². The van der Waals surface area contributed by atoms with Crippen LogP contribution < -0.4 is 10.6 Å². The summed E-state index contributed by atoms with van der Waals surface area (Å²) >= 11 is 0. The molecule has 4 aromatic rings.